The number of amides is 3. The number of urea groups is 1. The van der Waals surface area contributed by atoms with E-state index in [4.69, 9.17) is 4.74 Å². The molecule has 2 aliphatic heterocycles. The largest absolute Gasteiger partial charge is 0.490 e. The fourth-order valence-electron chi connectivity index (χ4n) is 3.85. The molecule has 9 nitrogen and oxygen atoms in total. The molecule has 1 saturated heterocycles. The van der Waals surface area contributed by atoms with E-state index in [0.717, 1.165) is 11.1 Å². The highest BCUT2D eigenvalue weighted by Crippen LogP contribution is 2.32. The number of nitrogens with zero attached hydrogens (tertiary/aromatic N) is 4. The molecule has 1 atom stereocenters. The Labute approximate surface area is 176 Å². The Hall–Kier alpha value is -3.07. The monoisotopic (exact) mass is 412 g/mol. The number of carbonyl (C=O) groups is 2. The number of fused-ring (bicyclic) bond motifs is 2. The maximum Gasteiger partial charge on any atom is 0.317 e. The van der Waals surface area contributed by atoms with Crippen LogP contribution in [0.2, 0.25) is 0 Å². The fourth-order valence-corrected chi connectivity index (χ4v) is 3.85. The predicted molar refractivity (Wildman–Crippen MR) is 113 cm³/mol. The highest BCUT2D eigenvalue weighted by atomic mass is 16.5. The number of carbonyl (C=O) groups excluding carboxylic acids is 2. The van der Waals surface area contributed by atoms with Gasteiger partial charge in [-0.2, -0.15) is 5.10 Å². The Bertz CT molecular complexity index is 941. The first-order chi connectivity index (χ1) is 14.4. The van der Waals surface area contributed by atoms with Crippen LogP contribution in [0.1, 0.15) is 13.8 Å². The molecule has 2 aromatic rings. The summed E-state index contributed by atoms with van der Waals surface area (Å²) in [5, 5.41) is 10.1. The van der Waals surface area contributed by atoms with Gasteiger partial charge < -0.3 is 20.3 Å². The smallest absolute Gasteiger partial charge is 0.317 e. The molecule has 0 bridgehead atoms. The average molecular weight is 412 g/mol. The van der Waals surface area contributed by atoms with Crippen LogP contribution in [0.4, 0.5) is 10.5 Å². The summed E-state index contributed by atoms with van der Waals surface area (Å²) in [5.41, 5.74) is 2.58. The number of aryl methyl sites for hydroxylation is 1. The van der Waals surface area contributed by atoms with Crippen molar-refractivity contribution < 1.29 is 14.3 Å². The quantitative estimate of drug-likeness (QED) is 0.780. The van der Waals surface area contributed by atoms with E-state index in [1.54, 1.807) is 15.8 Å². The van der Waals surface area contributed by atoms with Crippen LogP contribution in [-0.4, -0.2) is 76.4 Å². The number of aromatic nitrogens is 2. The normalized spacial score (nSPS) is 19.7. The second kappa shape index (κ2) is 8.35. The highest BCUT2D eigenvalue weighted by Gasteiger charge is 2.32. The van der Waals surface area contributed by atoms with Crippen molar-refractivity contribution in [3.8, 4) is 16.9 Å². The molecule has 1 fully saturated rings. The summed E-state index contributed by atoms with van der Waals surface area (Å²) in [6.45, 7) is 6.29. The van der Waals surface area contributed by atoms with E-state index in [2.05, 4.69) is 20.6 Å². The summed E-state index contributed by atoms with van der Waals surface area (Å²) < 4.78 is 7.84. The summed E-state index contributed by atoms with van der Waals surface area (Å²) in [6.07, 6.45) is 3.72. The number of piperazine rings is 1. The van der Waals surface area contributed by atoms with E-state index in [-0.39, 0.29) is 30.6 Å². The van der Waals surface area contributed by atoms with Crippen LogP contribution < -0.4 is 15.4 Å². The zero-order chi connectivity index (χ0) is 21.3. The molecule has 0 unspecified atom stereocenters. The molecule has 3 heterocycles. The van der Waals surface area contributed by atoms with Crippen LogP contribution in [0, 0.1) is 0 Å². The lowest BCUT2D eigenvalue weighted by Crippen LogP contribution is -2.59. The molecule has 0 radical (unpaired) electrons. The lowest BCUT2D eigenvalue weighted by atomic mass is 10.1. The van der Waals surface area contributed by atoms with Crippen LogP contribution in [0.5, 0.6) is 5.75 Å². The molecular formula is C21H28N6O3. The SMILES string of the molecule is CC(C)NC(=O)N1CCN2CC(=O)Nc3cc(-c4cnn(C)c4)ccc3OC[C@@H]2C1. The second-order valence-electron chi connectivity index (χ2n) is 8.15. The van der Waals surface area contributed by atoms with Crippen molar-refractivity contribution in [2.24, 2.45) is 7.05 Å². The van der Waals surface area contributed by atoms with E-state index >= 15 is 0 Å². The Morgan fingerprint density at radius 2 is 2.13 bits per heavy atom. The molecule has 2 aliphatic rings. The van der Waals surface area contributed by atoms with E-state index in [9.17, 15) is 9.59 Å². The first kappa shape index (κ1) is 20.2. The molecule has 4 rings (SSSR count). The number of hydrogen-bond donors (Lipinski definition) is 2. The van der Waals surface area contributed by atoms with Crippen molar-refractivity contribution in [2.75, 3.05) is 38.1 Å². The molecule has 160 valence electrons. The lowest BCUT2D eigenvalue weighted by molar-refractivity contribution is -0.118. The standard InChI is InChI=1S/C21H28N6O3/c1-14(2)23-21(29)27-7-6-26-12-20(28)24-18-8-15(16-9-22-25(3)10-16)4-5-19(18)30-13-17(26)11-27/h4-5,8-10,14,17H,6-7,11-13H2,1-3H3,(H,23,29)(H,24,28)/t17-/m0/s1. The van der Waals surface area contributed by atoms with E-state index in [0.29, 0.717) is 37.7 Å². The summed E-state index contributed by atoms with van der Waals surface area (Å²) in [6, 6.07) is 5.71. The molecule has 0 aliphatic carbocycles. The first-order valence-electron chi connectivity index (χ1n) is 10.2. The Morgan fingerprint density at radius 1 is 1.30 bits per heavy atom. The maximum absolute atomic E-state index is 12.7. The zero-order valence-corrected chi connectivity index (χ0v) is 17.6. The van der Waals surface area contributed by atoms with Gasteiger partial charge in [-0.1, -0.05) is 6.07 Å². The summed E-state index contributed by atoms with van der Waals surface area (Å²) in [7, 11) is 1.87. The third-order valence-corrected chi connectivity index (χ3v) is 5.37. The minimum atomic E-state index is -0.0878. The number of anilines is 1. The van der Waals surface area contributed by atoms with Crippen molar-refractivity contribution in [3.05, 3.63) is 30.6 Å². The molecule has 2 N–H and O–H groups in total. The van der Waals surface area contributed by atoms with Crippen molar-refractivity contribution in [1.29, 1.82) is 0 Å². The molecule has 0 spiro atoms. The Morgan fingerprint density at radius 3 is 2.87 bits per heavy atom. The number of ether oxygens (including phenoxy) is 1. The minimum Gasteiger partial charge on any atom is -0.490 e. The number of rotatable bonds is 2. The van der Waals surface area contributed by atoms with Crippen LogP contribution in [-0.2, 0) is 11.8 Å². The molecular weight excluding hydrogens is 384 g/mol. The van der Waals surface area contributed by atoms with Gasteiger partial charge in [0.25, 0.3) is 0 Å². The number of nitrogens with one attached hydrogen (secondary N) is 2. The van der Waals surface area contributed by atoms with Crippen LogP contribution in [0.3, 0.4) is 0 Å². The summed E-state index contributed by atoms with van der Waals surface area (Å²) >= 11 is 0. The maximum atomic E-state index is 12.7. The molecule has 30 heavy (non-hydrogen) atoms. The van der Waals surface area contributed by atoms with Gasteiger partial charge in [-0.3, -0.25) is 14.4 Å². The van der Waals surface area contributed by atoms with Gasteiger partial charge in [0.05, 0.1) is 24.5 Å². The minimum absolute atomic E-state index is 0.0497. The van der Waals surface area contributed by atoms with Crippen molar-refractivity contribution >= 4 is 17.6 Å². The fraction of sp³-hybridized carbons (Fsp3) is 0.476. The molecule has 1 aromatic carbocycles. The average Bonchev–Trinajstić information content (AvgIpc) is 3.15. The van der Waals surface area contributed by atoms with Crippen molar-refractivity contribution in [3.63, 3.8) is 0 Å². The zero-order valence-electron chi connectivity index (χ0n) is 17.6. The van der Waals surface area contributed by atoms with Crippen LogP contribution in [0.15, 0.2) is 30.6 Å². The van der Waals surface area contributed by atoms with E-state index < -0.39 is 0 Å². The second-order valence-corrected chi connectivity index (χ2v) is 8.15. The van der Waals surface area contributed by atoms with Gasteiger partial charge >= 0.3 is 6.03 Å². The van der Waals surface area contributed by atoms with Gasteiger partial charge in [0.2, 0.25) is 5.91 Å². The van der Waals surface area contributed by atoms with Gasteiger partial charge in [0, 0.05) is 44.5 Å². The third kappa shape index (κ3) is 4.40. The Kier molecular flexibility index (Phi) is 5.63. The van der Waals surface area contributed by atoms with Gasteiger partial charge in [-0.25, -0.2) is 4.79 Å². The number of benzene rings is 1. The number of hydrogen-bond acceptors (Lipinski definition) is 5. The van der Waals surface area contributed by atoms with Gasteiger partial charge in [-0.15, -0.1) is 0 Å². The van der Waals surface area contributed by atoms with Crippen LogP contribution >= 0.6 is 0 Å². The summed E-state index contributed by atoms with van der Waals surface area (Å²) in [4.78, 5) is 29.0. The van der Waals surface area contributed by atoms with Crippen molar-refractivity contribution in [1.82, 2.24) is 24.9 Å². The van der Waals surface area contributed by atoms with E-state index in [1.807, 2.05) is 45.3 Å². The van der Waals surface area contributed by atoms with Gasteiger partial charge in [0.1, 0.15) is 12.4 Å². The highest BCUT2D eigenvalue weighted by molar-refractivity contribution is 5.94. The topological polar surface area (TPSA) is 91.7 Å². The molecule has 0 saturated carbocycles. The molecule has 1 aromatic heterocycles. The Balaban J connectivity index is 1.53. The third-order valence-electron chi connectivity index (χ3n) is 5.37. The molecule has 9 heteroatoms. The summed E-state index contributed by atoms with van der Waals surface area (Å²) in [5.74, 6) is 0.539. The first-order valence-corrected chi connectivity index (χ1v) is 10.2. The van der Waals surface area contributed by atoms with Gasteiger partial charge in [0.15, 0.2) is 0 Å². The van der Waals surface area contributed by atoms with E-state index in [1.165, 1.54) is 0 Å². The van der Waals surface area contributed by atoms with Crippen molar-refractivity contribution in [2.45, 2.75) is 25.9 Å². The predicted octanol–water partition coefficient (Wildman–Crippen LogP) is 1.52. The molecule has 3 amide bonds. The van der Waals surface area contributed by atoms with Crippen LogP contribution in [0.25, 0.3) is 11.1 Å². The lowest BCUT2D eigenvalue weighted by Gasteiger charge is -2.40. The van der Waals surface area contributed by atoms with Gasteiger partial charge in [-0.05, 0) is 31.5 Å².